The Balaban J connectivity index is 1.40. The van der Waals surface area contributed by atoms with Crippen LogP contribution in [0.3, 0.4) is 0 Å². The summed E-state index contributed by atoms with van der Waals surface area (Å²) in [6, 6.07) is 5.36. The number of phenols is 1. The minimum Gasteiger partial charge on any atom is -0.507 e. The number of nitrogens with zero attached hydrogens (tertiary/aromatic N) is 5. The summed E-state index contributed by atoms with van der Waals surface area (Å²) in [6.45, 7) is 4.12. The molecule has 1 aromatic carbocycles. The standard InChI is InChI=1S/C29H28F3N5O4/c1-2-26(40)35-10-8-19-27-21(37(34-19)20-7-6-17(12-24(20)39)16-4-3-5-16)9-11-36(22(27)15-35)28(41)18-14-33-25(13-23(18)38)29(30,31)32/h2,6-7,12-14,16,22,39H,1,3-5,8-11,15H2,(H,33,38). The molecule has 1 unspecified atom stereocenters. The lowest BCUT2D eigenvalue weighted by Gasteiger charge is -2.38. The lowest BCUT2D eigenvalue weighted by atomic mass is 9.80. The Hall–Kier alpha value is -4.35. The number of pyridine rings is 1. The van der Waals surface area contributed by atoms with Gasteiger partial charge in [0.1, 0.15) is 22.9 Å². The molecule has 1 aliphatic carbocycles. The molecule has 1 atom stereocenters. The second-order valence-corrected chi connectivity index (χ2v) is 10.7. The predicted molar refractivity (Wildman–Crippen MR) is 141 cm³/mol. The number of carbonyl (C=O) groups excluding carboxylic acids is 2. The summed E-state index contributed by atoms with van der Waals surface area (Å²) in [5.41, 5.74) is 2.08. The predicted octanol–water partition coefficient (Wildman–Crippen LogP) is 4.28. The maximum atomic E-state index is 13.7. The number of hydrogen-bond acceptors (Lipinski definition) is 6. The Bertz CT molecular complexity index is 1560. The molecule has 4 heterocycles. The van der Waals surface area contributed by atoms with E-state index in [0.717, 1.165) is 35.9 Å². The van der Waals surface area contributed by atoms with E-state index >= 15 is 0 Å². The molecular weight excluding hydrogens is 539 g/mol. The van der Waals surface area contributed by atoms with E-state index in [4.69, 9.17) is 5.10 Å². The van der Waals surface area contributed by atoms with E-state index in [1.165, 1.54) is 17.4 Å². The van der Waals surface area contributed by atoms with Crippen LogP contribution in [0.25, 0.3) is 5.69 Å². The summed E-state index contributed by atoms with van der Waals surface area (Å²) in [5.74, 6) is -1.33. The number of amides is 2. The number of carbonyl (C=O) groups is 2. The molecule has 0 radical (unpaired) electrons. The summed E-state index contributed by atoms with van der Waals surface area (Å²) in [4.78, 5) is 32.7. The first kappa shape index (κ1) is 26.9. The molecule has 9 nitrogen and oxygen atoms in total. The molecule has 3 aliphatic rings. The maximum Gasteiger partial charge on any atom is 0.433 e. The minimum absolute atomic E-state index is 0.0996. The molecule has 0 spiro atoms. The van der Waals surface area contributed by atoms with Gasteiger partial charge in [0, 0.05) is 50.3 Å². The van der Waals surface area contributed by atoms with Crippen molar-refractivity contribution < 1.29 is 33.0 Å². The largest absolute Gasteiger partial charge is 0.507 e. The first-order valence-electron chi connectivity index (χ1n) is 13.5. The average molecular weight is 568 g/mol. The Morgan fingerprint density at radius 2 is 1.85 bits per heavy atom. The summed E-state index contributed by atoms with van der Waals surface area (Å²) < 4.78 is 41.0. The Morgan fingerprint density at radius 3 is 2.49 bits per heavy atom. The topological polar surface area (TPSA) is 112 Å². The van der Waals surface area contributed by atoms with Crippen LogP contribution in [-0.4, -0.2) is 66.2 Å². The van der Waals surface area contributed by atoms with E-state index < -0.39 is 29.6 Å². The van der Waals surface area contributed by atoms with E-state index in [1.807, 2.05) is 12.1 Å². The van der Waals surface area contributed by atoms with Crippen LogP contribution in [0.15, 0.2) is 43.1 Å². The van der Waals surface area contributed by atoms with Crippen LogP contribution < -0.4 is 0 Å². The third-order valence-electron chi connectivity index (χ3n) is 8.36. The summed E-state index contributed by atoms with van der Waals surface area (Å²) >= 11 is 0. The molecular formula is C29H28F3N5O4. The smallest absolute Gasteiger partial charge is 0.433 e. The zero-order valence-corrected chi connectivity index (χ0v) is 22.1. The number of benzene rings is 1. The third-order valence-corrected chi connectivity index (χ3v) is 8.36. The molecule has 41 heavy (non-hydrogen) atoms. The van der Waals surface area contributed by atoms with Gasteiger partial charge in [0.2, 0.25) is 5.91 Å². The van der Waals surface area contributed by atoms with Crippen molar-refractivity contribution in [3.63, 3.8) is 0 Å². The van der Waals surface area contributed by atoms with Crippen molar-refractivity contribution in [3.8, 4) is 17.2 Å². The molecule has 1 fully saturated rings. The molecule has 3 aromatic rings. The summed E-state index contributed by atoms with van der Waals surface area (Å²) in [5, 5.41) is 26.2. The fraction of sp³-hybridized carbons (Fsp3) is 0.379. The van der Waals surface area contributed by atoms with E-state index in [-0.39, 0.29) is 30.3 Å². The minimum atomic E-state index is -4.78. The first-order chi connectivity index (χ1) is 19.6. The van der Waals surface area contributed by atoms with Crippen LogP contribution in [0.4, 0.5) is 13.2 Å². The third kappa shape index (κ3) is 4.60. The highest BCUT2D eigenvalue weighted by molar-refractivity contribution is 5.97. The van der Waals surface area contributed by atoms with Gasteiger partial charge in [-0.2, -0.15) is 18.3 Å². The highest BCUT2D eigenvalue weighted by Crippen LogP contribution is 2.42. The number of halogens is 3. The number of phenolic OH excluding ortho intramolecular Hbond substituents is 1. The van der Waals surface area contributed by atoms with Crippen molar-refractivity contribution in [1.82, 2.24) is 24.6 Å². The van der Waals surface area contributed by atoms with Crippen LogP contribution in [0.5, 0.6) is 11.5 Å². The van der Waals surface area contributed by atoms with Crippen LogP contribution in [-0.2, 0) is 23.8 Å². The van der Waals surface area contributed by atoms with Crippen LogP contribution >= 0.6 is 0 Å². The zero-order chi connectivity index (χ0) is 29.1. The SMILES string of the molecule is C=CC(=O)N1CCc2nn(-c3ccc(C4CCC4)cc3O)c3c2C(C1)N(C(=O)c1cnc(C(F)(F)F)cc1O)CC3. The molecule has 2 N–H and O–H groups in total. The molecule has 1 saturated carbocycles. The molecule has 6 rings (SSSR count). The van der Waals surface area contributed by atoms with Gasteiger partial charge in [0.25, 0.3) is 5.91 Å². The van der Waals surface area contributed by atoms with Gasteiger partial charge in [-0.3, -0.25) is 14.6 Å². The summed E-state index contributed by atoms with van der Waals surface area (Å²) in [7, 11) is 0. The van der Waals surface area contributed by atoms with Gasteiger partial charge in [-0.1, -0.05) is 19.1 Å². The van der Waals surface area contributed by atoms with Gasteiger partial charge >= 0.3 is 6.18 Å². The van der Waals surface area contributed by atoms with Gasteiger partial charge in [-0.05, 0) is 42.5 Å². The summed E-state index contributed by atoms with van der Waals surface area (Å²) in [6.07, 6.45) is 1.21. The molecule has 0 bridgehead atoms. The average Bonchev–Trinajstić information content (AvgIpc) is 3.15. The van der Waals surface area contributed by atoms with E-state index in [2.05, 4.69) is 11.6 Å². The first-order valence-corrected chi connectivity index (χ1v) is 13.5. The highest BCUT2D eigenvalue weighted by Gasteiger charge is 2.41. The maximum absolute atomic E-state index is 13.7. The molecule has 2 amide bonds. The van der Waals surface area contributed by atoms with Crippen molar-refractivity contribution in [2.75, 3.05) is 19.6 Å². The van der Waals surface area contributed by atoms with Gasteiger partial charge in [0.15, 0.2) is 0 Å². The number of aromatic hydroxyl groups is 2. The molecule has 214 valence electrons. The molecule has 12 heteroatoms. The van der Waals surface area contributed by atoms with E-state index in [1.54, 1.807) is 15.6 Å². The zero-order valence-electron chi connectivity index (χ0n) is 22.1. The number of alkyl halides is 3. The van der Waals surface area contributed by atoms with Gasteiger partial charge in [-0.25, -0.2) is 4.68 Å². The van der Waals surface area contributed by atoms with Crippen LogP contribution in [0, 0.1) is 0 Å². The fourth-order valence-electron chi connectivity index (χ4n) is 6.00. The van der Waals surface area contributed by atoms with E-state index in [9.17, 15) is 33.0 Å². The normalized spacial score (nSPS) is 18.9. The second kappa shape index (κ2) is 9.93. The van der Waals surface area contributed by atoms with Crippen LogP contribution in [0.2, 0.25) is 0 Å². The van der Waals surface area contributed by atoms with Crippen molar-refractivity contribution in [2.24, 2.45) is 0 Å². The fourth-order valence-corrected chi connectivity index (χ4v) is 6.00. The molecule has 2 aliphatic heterocycles. The Morgan fingerprint density at radius 1 is 1.07 bits per heavy atom. The van der Waals surface area contributed by atoms with Gasteiger partial charge < -0.3 is 20.0 Å². The lowest BCUT2D eigenvalue weighted by Crippen LogP contribution is -2.45. The molecule has 2 aromatic heterocycles. The monoisotopic (exact) mass is 567 g/mol. The van der Waals surface area contributed by atoms with Crippen molar-refractivity contribution in [1.29, 1.82) is 0 Å². The lowest BCUT2D eigenvalue weighted by molar-refractivity contribution is -0.141. The molecule has 0 saturated heterocycles. The number of aromatic nitrogens is 3. The Labute approximate surface area is 233 Å². The number of rotatable bonds is 4. The van der Waals surface area contributed by atoms with Crippen molar-refractivity contribution in [3.05, 3.63) is 76.9 Å². The van der Waals surface area contributed by atoms with Crippen molar-refractivity contribution in [2.45, 2.75) is 50.2 Å². The van der Waals surface area contributed by atoms with Crippen molar-refractivity contribution >= 4 is 11.8 Å². The van der Waals surface area contributed by atoms with Gasteiger partial charge in [-0.15, -0.1) is 0 Å². The quantitative estimate of drug-likeness (QED) is 0.456. The second-order valence-electron chi connectivity index (χ2n) is 10.7. The number of hydrogen-bond donors (Lipinski definition) is 2. The van der Waals surface area contributed by atoms with Gasteiger partial charge in [0.05, 0.1) is 23.0 Å². The van der Waals surface area contributed by atoms with Crippen LogP contribution in [0.1, 0.15) is 69.8 Å². The van der Waals surface area contributed by atoms with E-state index in [0.29, 0.717) is 42.8 Å². The highest BCUT2D eigenvalue weighted by atomic mass is 19.4. The Kier molecular flexibility index (Phi) is 6.50.